The number of hydrogen-bond donors (Lipinski definition) is 2. The van der Waals surface area contributed by atoms with Crippen molar-refractivity contribution in [2.75, 3.05) is 25.5 Å². The number of nitrogen functional groups attached to an aromatic ring is 1. The highest BCUT2D eigenvalue weighted by Crippen LogP contribution is 2.22. The molecule has 0 atom stereocenters. The Morgan fingerprint density at radius 3 is 2.89 bits per heavy atom. The fourth-order valence-corrected chi connectivity index (χ4v) is 1.47. The van der Waals surface area contributed by atoms with Crippen LogP contribution in [0.4, 0.5) is 11.4 Å². The quantitative estimate of drug-likeness (QED) is 0.335. The summed E-state index contributed by atoms with van der Waals surface area (Å²) >= 11 is 0. The number of nitrogens with one attached hydrogen (secondary N) is 1. The Balaban J connectivity index is 2.57. The van der Waals surface area contributed by atoms with Crippen molar-refractivity contribution in [3.05, 3.63) is 33.9 Å². The van der Waals surface area contributed by atoms with Crippen LogP contribution in [-0.4, -0.2) is 30.6 Å². The van der Waals surface area contributed by atoms with E-state index in [0.29, 0.717) is 26.2 Å². The van der Waals surface area contributed by atoms with E-state index in [2.05, 4.69) is 5.32 Å². The predicted octanol–water partition coefficient (Wildman–Crippen LogP) is 1.33. The van der Waals surface area contributed by atoms with Gasteiger partial charge in [-0.25, -0.2) is 0 Å². The van der Waals surface area contributed by atoms with Crippen molar-refractivity contribution in [3.8, 4) is 0 Å². The van der Waals surface area contributed by atoms with Crippen molar-refractivity contribution in [1.82, 2.24) is 5.32 Å². The lowest BCUT2D eigenvalue weighted by Crippen LogP contribution is -2.25. The van der Waals surface area contributed by atoms with Crippen molar-refractivity contribution >= 4 is 17.3 Å². The summed E-state index contributed by atoms with van der Waals surface area (Å²) < 4.78 is 5.13. The zero-order chi connectivity index (χ0) is 14.3. The second-order valence-electron chi connectivity index (χ2n) is 3.84. The fraction of sp³-hybridized carbons (Fsp3) is 0.417. The highest BCUT2D eigenvalue weighted by atomic mass is 16.6. The average Bonchev–Trinajstić information content (AvgIpc) is 2.38. The average molecular weight is 267 g/mol. The van der Waals surface area contributed by atoms with Crippen molar-refractivity contribution in [1.29, 1.82) is 0 Å². The van der Waals surface area contributed by atoms with E-state index >= 15 is 0 Å². The van der Waals surface area contributed by atoms with Gasteiger partial charge in [0.2, 0.25) is 0 Å². The first kappa shape index (κ1) is 14.9. The Labute approximate surface area is 110 Å². The van der Waals surface area contributed by atoms with Crippen LogP contribution in [0.2, 0.25) is 0 Å². The van der Waals surface area contributed by atoms with E-state index in [4.69, 9.17) is 10.5 Å². The summed E-state index contributed by atoms with van der Waals surface area (Å²) in [6.45, 7) is 3.56. The zero-order valence-corrected chi connectivity index (χ0v) is 10.7. The zero-order valence-electron chi connectivity index (χ0n) is 10.7. The molecule has 7 heteroatoms. The summed E-state index contributed by atoms with van der Waals surface area (Å²) in [5.41, 5.74) is 5.45. The third-order valence-corrected chi connectivity index (χ3v) is 2.44. The number of anilines is 1. The normalized spacial score (nSPS) is 10.2. The van der Waals surface area contributed by atoms with Gasteiger partial charge in [0.15, 0.2) is 0 Å². The Bertz CT molecular complexity index is 462. The van der Waals surface area contributed by atoms with Crippen LogP contribution in [0.1, 0.15) is 23.7 Å². The number of amides is 1. The maximum atomic E-state index is 11.7. The summed E-state index contributed by atoms with van der Waals surface area (Å²) in [7, 11) is 0. The lowest BCUT2D eigenvalue weighted by atomic mass is 10.1. The topological polar surface area (TPSA) is 107 Å². The molecule has 0 aliphatic heterocycles. The molecule has 19 heavy (non-hydrogen) atoms. The molecule has 0 radical (unpaired) electrons. The number of nitrogens with zero attached hydrogens (tertiary/aromatic N) is 1. The minimum Gasteiger partial charge on any atom is -0.393 e. The van der Waals surface area contributed by atoms with Crippen molar-refractivity contribution in [3.63, 3.8) is 0 Å². The molecule has 0 aliphatic carbocycles. The summed E-state index contributed by atoms with van der Waals surface area (Å²) in [4.78, 5) is 21.8. The largest absolute Gasteiger partial charge is 0.393 e. The van der Waals surface area contributed by atoms with Gasteiger partial charge in [-0.05, 0) is 25.5 Å². The molecule has 0 unspecified atom stereocenters. The Morgan fingerprint density at radius 2 is 2.26 bits per heavy atom. The molecule has 0 aliphatic rings. The van der Waals surface area contributed by atoms with Gasteiger partial charge in [-0.1, -0.05) is 0 Å². The maximum absolute atomic E-state index is 11.7. The van der Waals surface area contributed by atoms with Gasteiger partial charge in [-0.2, -0.15) is 0 Å². The van der Waals surface area contributed by atoms with Crippen LogP contribution in [0.5, 0.6) is 0 Å². The van der Waals surface area contributed by atoms with Crippen LogP contribution in [0.15, 0.2) is 18.2 Å². The molecular weight excluding hydrogens is 250 g/mol. The number of carbonyl (C=O) groups is 1. The van der Waals surface area contributed by atoms with Crippen LogP contribution in [0, 0.1) is 10.1 Å². The highest BCUT2D eigenvalue weighted by molar-refractivity contribution is 5.95. The smallest absolute Gasteiger partial charge is 0.292 e. The molecule has 104 valence electrons. The molecule has 1 amide bonds. The maximum Gasteiger partial charge on any atom is 0.292 e. The van der Waals surface area contributed by atoms with Crippen LogP contribution in [0.25, 0.3) is 0 Å². The van der Waals surface area contributed by atoms with E-state index in [1.54, 1.807) is 0 Å². The van der Waals surface area contributed by atoms with Crippen LogP contribution in [-0.2, 0) is 4.74 Å². The monoisotopic (exact) mass is 267 g/mol. The number of hydrogen-bond acceptors (Lipinski definition) is 5. The number of rotatable bonds is 7. The second-order valence-corrected chi connectivity index (χ2v) is 3.84. The molecule has 7 nitrogen and oxygen atoms in total. The molecule has 0 saturated heterocycles. The van der Waals surface area contributed by atoms with Gasteiger partial charge >= 0.3 is 0 Å². The molecule has 0 bridgehead atoms. The van der Waals surface area contributed by atoms with Gasteiger partial charge in [-0.15, -0.1) is 0 Å². The summed E-state index contributed by atoms with van der Waals surface area (Å²) in [6.07, 6.45) is 0.691. The van der Waals surface area contributed by atoms with Crippen molar-refractivity contribution < 1.29 is 14.5 Å². The Hall–Kier alpha value is -2.15. The SMILES string of the molecule is CCOCCCNC(=O)c1ccc(N)c([N+](=O)[O-])c1. The summed E-state index contributed by atoms with van der Waals surface area (Å²) in [6, 6.07) is 3.99. The van der Waals surface area contributed by atoms with E-state index in [1.807, 2.05) is 6.92 Å². The Morgan fingerprint density at radius 1 is 1.53 bits per heavy atom. The van der Waals surface area contributed by atoms with Crippen LogP contribution in [0.3, 0.4) is 0 Å². The van der Waals surface area contributed by atoms with E-state index in [0.717, 1.165) is 0 Å². The molecule has 0 heterocycles. The minimum atomic E-state index is -0.610. The number of ether oxygens (including phenoxy) is 1. The third kappa shape index (κ3) is 4.55. The van der Waals surface area contributed by atoms with E-state index in [9.17, 15) is 14.9 Å². The van der Waals surface area contributed by atoms with Gasteiger partial charge in [-0.3, -0.25) is 14.9 Å². The number of benzene rings is 1. The Kier molecular flexibility index (Phi) is 5.74. The second kappa shape index (κ2) is 7.32. The first-order chi connectivity index (χ1) is 9.06. The standard InChI is InChI=1S/C12H17N3O4/c1-2-19-7-3-6-14-12(16)9-4-5-10(13)11(8-9)15(17)18/h4-5,8H,2-3,6-7,13H2,1H3,(H,14,16). The molecule has 1 aromatic carbocycles. The lowest BCUT2D eigenvalue weighted by molar-refractivity contribution is -0.383. The number of nitro groups is 1. The number of carbonyl (C=O) groups excluding carboxylic acids is 1. The molecule has 0 saturated carbocycles. The van der Waals surface area contributed by atoms with Crippen LogP contribution >= 0.6 is 0 Å². The van der Waals surface area contributed by atoms with Gasteiger partial charge in [0.05, 0.1) is 4.92 Å². The van der Waals surface area contributed by atoms with E-state index < -0.39 is 4.92 Å². The molecule has 0 fully saturated rings. The third-order valence-electron chi connectivity index (χ3n) is 2.44. The first-order valence-electron chi connectivity index (χ1n) is 5.96. The molecule has 1 rings (SSSR count). The fourth-order valence-electron chi connectivity index (χ4n) is 1.47. The minimum absolute atomic E-state index is 0.0397. The predicted molar refractivity (Wildman–Crippen MR) is 71.0 cm³/mol. The summed E-state index contributed by atoms with van der Waals surface area (Å²) in [5.74, 6) is -0.361. The molecule has 1 aromatic rings. The van der Waals surface area contributed by atoms with E-state index in [1.165, 1.54) is 18.2 Å². The molecular formula is C12H17N3O4. The molecule has 0 spiro atoms. The van der Waals surface area contributed by atoms with Crippen LogP contribution < -0.4 is 11.1 Å². The molecule has 0 aromatic heterocycles. The van der Waals surface area contributed by atoms with Crippen molar-refractivity contribution in [2.24, 2.45) is 0 Å². The summed E-state index contributed by atoms with van der Waals surface area (Å²) in [5, 5.41) is 13.4. The van der Waals surface area contributed by atoms with Gasteiger partial charge in [0, 0.05) is 31.4 Å². The van der Waals surface area contributed by atoms with Gasteiger partial charge < -0.3 is 15.8 Å². The number of nitro benzene ring substituents is 1. The lowest BCUT2D eigenvalue weighted by Gasteiger charge is -2.06. The van der Waals surface area contributed by atoms with E-state index in [-0.39, 0.29) is 22.8 Å². The first-order valence-corrected chi connectivity index (χ1v) is 5.96. The van der Waals surface area contributed by atoms with Gasteiger partial charge in [0.1, 0.15) is 5.69 Å². The van der Waals surface area contributed by atoms with Crippen molar-refractivity contribution in [2.45, 2.75) is 13.3 Å². The molecule has 3 N–H and O–H groups in total. The van der Waals surface area contributed by atoms with Gasteiger partial charge in [0.25, 0.3) is 11.6 Å². The number of nitrogens with two attached hydrogens (primary N) is 1. The highest BCUT2D eigenvalue weighted by Gasteiger charge is 2.15.